The van der Waals surface area contributed by atoms with Crippen molar-refractivity contribution in [2.24, 2.45) is 0 Å². The van der Waals surface area contributed by atoms with Crippen LogP contribution in [0.5, 0.6) is 0 Å². The van der Waals surface area contributed by atoms with Gasteiger partial charge in [0.15, 0.2) is 0 Å². The molecule has 0 bridgehead atoms. The summed E-state index contributed by atoms with van der Waals surface area (Å²) in [6.45, 7) is 11.3. The molecule has 0 aliphatic carbocycles. The maximum atomic E-state index is 3.44. The first-order valence-corrected chi connectivity index (χ1v) is 6.01. The molecule has 0 aromatic carbocycles. The summed E-state index contributed by atoms with van der Waals surface area (Å²) in [5.74, 6) is 0. The highest BCUT2D eigenvalue weighted by Crippen LogP contribution is 2.01. The molecule has 0 heterocycles. The molecule has 0 fully saturated rings. The van der Waals surface area contributed by atoms with Crippen LogP contribution in [0.15, 0.2) is 0 Å². The number of hydrogen-bond donors (Lipinski definition) is 1. The third-order valence-corrected chi connectivity index (χ3v) is 2.83. The Bertz CT molecular complexity index is 123. The molecule has 2 nitrogen and oxygen atoms in total. The molecule has 0 amide bonds. The number of nitrogens with one attached hydrogen (secondary N) is 1. The number of hydrogen-bond acceptors (Lipinski definition) is 2. The summed E-state index contributed by atoms with van der Waals surface area (Å²) in [6, 6.07) is 1.36. The van der Waals surface area contributed by atoms with Crippen LogP contribution in [0, 0.1) is 0 Å². The second-order valence-electron chi connectivity index (χ2n) is 4.55. The lowest BCUT2D eigenvalue weighted by Crippen LogP contribution is -2.30. The van der Waals surface area contributed by atoms with Crippen molar-refractivity contribution in [1.82, 2.24) is 10.2 Å². The van der Waals surface area contributed by atoms with Crippen LogP contribution in [0.3, 0.4) is 0 Å². The monoisotopic (exact) mass is 200 g/mol. The van der Waals surface area contributed by atoms with Gasteiger partial charge in [0.25, 0.3) is 0 Å². The maximum absolute atomic E-state index is 3.44. The standard InChI is InChI=1S/C12H28N2/c1-6-12(4)14(5)10-8-7-9-13-11(2)3/h11-13H,6-10H2,1-5H3. The lowest BCUT2D eigenvalue weighted by atomic mass is 10.2. The van der Waals surface area contributed by atoms with Crippen LogP contribution < -0.4 is 5.32 Å². The largest absolute Gasteiger partial charge is 0.315 e. The zero-order chi connectivity index (χ0) is 11.0. The third kappa shape index (κ3) is 7.34. The van der Waals surface area contributed by atoms with E-state index in [1.807, 2.05) is 0 Å². The second-order valence-corrected chi connectivity index (χ2v) is 4.55. The Hall–Kier alpha value is -0.0800. The molecule has 0 aliphatic heterocycles. The number of rotatable bonds is 8. The van der Waals surface area contributed by atoms with Crippen LogP contribution in [-0.2, 0) is 0 Å². The lowest BCUT2D eigenvalue weighted by molar-refractivity contribution is 0.246. The smallest absolute Gasteiger partial charge is 0.00612 e. The molecule has 0 saturated heterocycles. The fourth-order valence-corrected chi connectivity index (χ4v) is 1.41. The highest BCUT2D eigenvalue weighted by molar-refractivity contribution is 4.61. The Morgan fingerprint density at radius 1 is 1.14 bits per heavy atom. The first-order valence-electron chi connectivity index (χ1n) is 6.01. The lowest BCUT2D eigenvalue weighted by Gasteiger charge is -2.23. The topological polar surface area (TPSA) is 15.3 Å². The van der Waals surface area contributed by atoms with E-state index >= 15 is 0 Å². The molecular formula is C12H28N2. The molecule has 0 spiro atoms. The van der Waals surface area contributed by atoms with Gasteiger partial charge in [-0.3, -0.25) is 0 Å². The Balaban J connectivity index is 3.27. The Morgan fingerprint density at radius 2 is 1.79 bits per heavy atom. The van der Waals surface area contributed by atoms with Crippen LogP contribution in [0.25, 0.3) is 0 Å². The molecule has 0 radical (unpaired) electrons. The summed E-state index contributed by atoms with van der Waals surface area (Å²) in [5.41, 5.74) is 0. The highest BCUT2D eigenvalue weighted by Gasteiger charge is 2.05. The van der Waals surface area contributed by atoms with Crippen molar-refractivity contribution in [2.45, 2.75) is 59.0 Å². The summed E-state index contributed by atoms with van der Waals surface area (Å²) in [5, 5.41) is 3.44. The van der Waals surface area contributed by atoms with Crippen molar-refractivity contribution < 1.29 is 0 Å². The summed E-state index contributed by atoms with van der Waals surface area (Å²) in [6.07, 6.45) is 3.85. The van der Waals surface area contributed by atoms with Gasteiger partial charge in [-0.25, -0.2) is 0 Å². The molecule has 1 N–H and O–H groups in total. The summed E-state index contributed by atoms with van der Waals surface area (Å²) in [4.78, 5) is 2.45. The van der Waals surface area contributed by atoms with Gasteiger partial charge in [0, 0.05) is 12.1 Å². The van der Waals surface area contributed by atoms with Crippen LogP contribution in [0.2, 0.25) is 0 Å². The van der Waals surface area contributed by atoms with Crippen molar-refractivity contribution in [3.05, 3.63) is 0 Å². The normalized spacial score (nSPS) is 13.9. The predicted molar refractivity (Wildman–Crippen MR) is 64.8 cm³/mol. The van der Waals surface area contributed by atoms with E-state index in [2.05, 4.69) is 45.0 Å². The molecule has 0 rings (SSSR count). The van der Waals surface area contributed by atoms with Gasteiger partial charge in [-0.15, -0.1) is 0 Å². The van der Waals surface area contributed by atoms with Gasteiger partial charge in [-0.1, -0.05) is 20.8 Å². The molecule has 14 heavy (non-hydrogen) atoms. The minimum absolute atomic E-state index is 0.627. The molecule has 1 unspecified atom stereocenters. The van der Waals surface area contributed by atoms with Crippen LogP contribution in [0.1, 0.15) is 47.0 Å². The van der Waals surface area contributed by atoms with E-state index < -0.39 is 0 Å². The van der Waals surface area contributed by atoms with E-state index in [0.717, 1.165) is 12.6 Å². The van der Waals surface area contributed by atoms with Crippen molar-refractivity contribution in [2.75, 3.05) is 20.1 Å². The Labute approximate surface area is 90.1 Å². The molecule has 0 aromatic heterocycles. The Morgan fingerprint density at radius 3 is 2.29 bits per heavy atom. The highest BCUT2D eigenvalue weighted by atomic mass is 15.1. The molecule has 1 atom stereocenters. The van der Waals surface area contributed by atoms with Gasteiger partial charge >= 0.3 is 0 Å². The van der Waals surface area contributed by atoms with E-state index in [9.17, 15) is 0 Å². The molecule has 2 heteroatoms. The second kappa shape index (κ2) is 8.25. The minimum atomic E-state index is 0.627. The average Bonchev–Trinajstić information content (AvgIpc) is 2.15. The van der Waals surface area contributed by atoms with Gasteiger partial charge < -0.3 is 10.2 Å². The number of nitrogens with zero attached hydrogens (tertiary/aromatic N) is 1. The van der Waals surface area contributed by atoms with Crippen LogP contribution >= 0.6 is 0 Å². The van der Waals surface area contributed by atoms with Crippen molar-refractivity contribution in [1.29, 1.82) is 0 Å². The van der Waals surface area contributed by atoms with E-state index in [4.69, 9.17) is 0 Å². The summed E-state index contributed by atoms with van der Waals surface area (Å²) >= 11 is 0. The quantitative estimate of drug-likeness (QED) is 0.606. The first-order chi connectivity index (χ1) is 6.57. The fourth-order valence-electron chi connectivity index (χ4n) is 1.41. The van der Waals surface area contributed by atoms with E-state index in [1.54, 1.807) is 0 Å². The molecule has 86 valence electrons. The van der Waals surface area contributed by atoms with Crippen LogP contribution in [-0.4, -0.2) is 37.1 Å². The molecule has 0 saturated carbocycles. The van der Waals surface area contributed by atoms with Gasteiger partial charge in [-0.2, -0.15) is 0 Å². The van der Waals surface area contributed by atoms with Crippen molar-refractivity contribution in [3.8, 4) is 0 Å². The van der Waals surface area contributed by atoms with Crippen molar-refractivity contribution >= 4 is 0 Å². The molecule has 0 aliphatic rings. The fraction of sp³-hybridized carbons (Fsp3) is 1.00. The van der Waals surface area contributed by atoms with Crippen LogP contribution in [0.4, 0.5) is 0 Å². The first kappa shape index (κ1) is 13.9. The SMILES string of the molecule is CCC(C)N(C)CCCCNC(C)C. The average molecular weight is 200 g/mol. The van der Waals surface area contributed by atoms with E-state index in [0.29, 0.717) is 6.04 Å². The zero-order valence-electron chi connectivity index (χ0n) is 10.6. The molecular weight excluding hydrogens is 172 g/mol. The summed E-state index contributed by atoms with van der Waals surface area (Å²) < 4.78 is 0. The maximum Gasteiger partial charge on any atom is 0.00612 e. The van der Waals surface area contributed by atoms with Gasteiger partial charge in [0.1, 0.15) is 0 Å². The van der Waals surface area contributed by atoms with Crippen molar-refractivity contribution in [3.63, 3.8) is 0 Å². The predicted octanol–water partition coefficient (Wildman–Crippen LogP) is 2.49. The zero-order valence-corrected chi connectivity index (χ0v) is 10.6. The third-order valence-electron chi connectivity index (χ3n) is 2.83. The minimum Gasteiger partial charge on any atom is -0.315 e. The molecule has 0 aromatic rings. The van der Waals surface area contributed by atoms with Gasteiger partial charge in [0.05, 0.1) is 0 Å². The van der Waals surface area contributed by atoms with E-state index in [1.165, 1.54) is 25.8 Å². The summed E-state index contributed by atoms with van der Waals surface area (Å²) in [7, 11) is 2.23. The number of unbranched alkanes of at least 4 members (excludes halogenated alkanes) is 1. The van der Waals surface area contributed by atoms with Gasteiger partial charge in [-0.05, 0) is 46.3 Å². The van der Waals surface area contributed by atoms with E-state index in [-0.39, 0.29) is 0 Å². The Kier molecular flexibility index (Phi) is 8.20. The van der Waals surface area contributed by atoms with Gasteiger partial charge in [0.2, 0.25) is 0 Å².